The lowest BCUT2D eigenvalue weighted by atomic mass is 9.63. The molecule has 4 heteroatoms. The van der Waals surface area contributed by atoms with Crippen molar-refractivity contribution in [1.29, 1.82) is 0 Å². The Labute approximate surface area is 381 Å². The average Bonchev–Trinajstić information content (AvgIpc) is 4.01. The van der Waals surface area contributed by atoms with Gasteiger partial charge in [0.2, 0.25) is 0 Å². The summed E-state index contributed by atoms with van der Waals surface area (Å²) in [6.45, 7) is 0. The van der Waals surface area contributed by atoms with E-state index < -0.39 is 18.0 Å². The molecule has 0 amide bonds. The van der Waals surface area contributed by atoms with E-state index in [4.69, 9.17) is 9.15 Å². The molecule has 2 aliphatic carbocycles. The quantitative estimate of drug-likeness (QED) is 0.163. The zero-order chi connectivity index (χ0) is 43.4. The Bertz CT molecular complexity index is 3910. The maximum Gasteiger partial charge on any atom is 0.171 e. The van der Waals surface area contributed by atoms with Gasteiger partial charge in [-0.3, -0.25) is 0 Å². The zero-order valence-corrected chi connectivity index (χ0v) is 36.4. The number of fused-ring (bicyclic) bond motifs is 21. The molecular weight excluding hydrogens is 824 g/mol. The summed E-state index contributed by atoms with van der Waals surface area (Å²) in [4.78, 5) is 0. The molecule has 2 unspecified atom stereocenters. The van der Waals surface area contributed by atoms with E-state index in [1.54, 1.807) is 0 Å². The van der Waals surface area contributed by atoms with Crippen molar-refractivity contribution in [3.63, 3.8) is 0 Å². The number of para-hydroxylation sites is 2. The number of hydrogen-bond acceptors (Lipinski definition) is 3. The fourth-order valence-electron chi connectivity index (χ4n) is 12.7. The first-order chi connectivity index (χ1) is 32.6. The third kappa shape index (κ3) is 4.33. The molecular formula is C62H37O3P. The summed E-state index contributed by atoms with van der Waals surface area (Å²) in [5.41, 5.74) is 16.8. The van der Waals surface area contributed by atoms with Crippen LogP contribution < -0.4 is 20.7 Å². The van der Waals surface area contributed by atoms with Gasteiger partial charge in [0.1, 0.15) is 22.7 Å². The van der Waals surface area contributed by atoms with Gasteiger partial charge in [-0.25, -0.2) is 0 Å². The predicted octanol–water partition coefficient (Wildman–Crippen LogP) is 14.0. The Hall–Kier alpha value is -7.97. The van der Waals surface area contributed by atoms with Crippen LogP contribution in [-0.2, 0) is 15.4 Å². The summed E-state index contributed by atoms with van der Waals surface area (Å²) in [7, 11) is -3.46. The lowest BCUT2D eigenvalue weighted by Crippen LogP contribution is -2.47. The molecule has 2 atom stereocenters. The third-order valence-electron chi connectivity index (χ3n) is 15.2. The van der Waals surface area contributed by atoms with E-state index in [0.29, 0.717) is 0 Å². The first-order valence-corrected chi connectivity index (χ1v) is 24.4. The second-order valence-corrected chi connectivity index (χ2v) is 20.8. The molecule has 3 nitrogen and oxygen atoms in total. The van der Waals surface area contributed by atoms with E-state index in [9.17, 15) is 0 Å². The number of hydrogen-bond donors (Lipinski definition) is 0. The van der Waals surface area contributed by atoms with Crippen LogP contribution >= 0.6 is 7.14 Å². The van der Waals surface area contributed by atoms with Crippen molar-refractivity contribution in [2.24, 2.45) is 0 Å². The summed E-state index contributed by atoms with van der Waals surface area (Å²) in [6, 6.07) is 80.1. The summed E-state index contributed by atoms with van der Waals surface area (Å²) in [5, 5.41) is 4.42. The van der Waals surface area contributed by atoms with Crippen LogP contribution in [0.3, 0.4) is 0 Å². The topological polar surface area (TPSA) is 39.4 Å². The Kier molecular flexibility index (Phi) is 7.08. The van der Waals surface area contributed by atoms with Gasteiger partial charge in [-0.2, -0.15) is 0 Å². The van der Waals surface area contributed by atoms with Gasteiger partial charge < -0.3 is 13.7 Å². The molecule has 66 heavy (non-hydrogen) atoms. The second kappa shape index (κ2) is 12.9. The lowest BCUT2D eigenvalue weighted by molar-refractivity contribution is 0.435. The number of ether oxygens (including phenoxy) is 1. The molecule has 0 bridgehead atoms. The Balaban J connectivity index is 1.00. The molecule has 2 aliphatic heterocycles. The van der Waals surface area contributed by atoms with Crippen molar-refractivity contribution in [1.82, 2.24) is 0 Å². The van der Waals surface area contributed by atoms with Gasteiger partial charge in [0.15, 0.2) is 7.14 Å². The number of benzene rings is 10. The lowest BCUT2D eigenvalue weighted by Gasteiger charge is -2.47. The highest BCUT2D eigenvalue weighted by molar-refractivity contribution is 7.85. The summed E-state index contributed by atoms with van der Waals surface area (Å²) < 4.78 is 30.3. The highest BCUT2D eigenvalue weighted by atomic mass is 31.2. The van der Waals surface area contributed by atoms with Crippen molar-refractivity contribution in [3.8, 4) is 44.9 Å². The van der Waals surface area contributed by atoms with Gasteiger partial charge in [-0.05, 0) is 103 Å². The molecule has 308 valence electrons. The van der Waals surface area contributed by atoms with Crippen LogP contribution in [0.25, 0.3) is 55.3 Å². The van der Waals surface area contributed by atoms with Gasteiger partial charge in [0.05, 0.1) is 10.8 Å². The van der Waals surface area contributed by atoms with Crippen molar-refractivity contribution >= 4 is 45.0 Å². The largest absolute Gasteiger partial charge is 0.457 e. The normalized spacial score (nSPS) is 18.4. The highest BCUT2D eigenvalue weighted by Gasteiger charge is 2.55. The SMILES string of the molecule is O=P1(c2ccccc2)c2ccccc2C2(c3ccccc3Oc3cc(-c4ccc5c(c4)C4(c6ccccc6-c6ccccc64)c4ccccc4-5)ccc32)c2cc3c(cc21)oc1ccccc13. The van der Waals surface area contributed by atoms with E-state index >= 15 is 4.57 Å². The monoisotopic (exact) mass is 860 g/mol. The van der Waals surface area contributed by atoms with Gasteiger partial charge in [0, 0.05) is 37.8 Å². The smallest absolute Gasteiger partial charge is 0.171 e. The van der Waals surface area contributed by atoms with E-state index in [-0.39, 0.29) is 0 Å². The molecule has 0 saturated carbocycles. The van der Waals surface area contributed by atoms with Crippen molar-refractivity contribution in [2.75, 3.05) is 0 Å². The fraction of sp³-hybridized carbons (Fsp3) is 0.0323. The van der Waals surface area contributed by atoms with Gasteiger partial charge >= 0.3 is 0 Å². The Morgan fingerprint density at radius 2 is 0.879 bits per heavy atom. The van der Waals surface area contributed by atoms with E-state index in [1.807, 2.05) is 54.6 Å². The van der Waals surface area contributed by atoms with Gasteiger partial charge in [0.25, 0.3) is 0 Å². The summed E-state index contributed by atoms with van der Waals surface area (Å²) in [5.74, 6) is 1.55. The predicted molar refractivity (Wildman–Crippen MR) is 267 cm³/mol. The van der Waals surface area contributed by atoms with Crippen LogP contribution in [0.2, 0.25) is 0 Å². The Morgan fingerprint density at radius 3 is 1.62 bits per heavy atom. The van der Waals surface area contributed by atoms with E-state index in [1.165, 1.54) is 44.5 Å². The van der Waals surface area contributed by atoms with Gasteiger partial charge in [-0.1, -0.05) is 188 Å². The van der Waals surface area contributed by atoms with E-state index in [0.717, 1.165) is 82.7 Å². The van der Waals surface area contributed by atoms with Crippen LogP contribution in [0.5, 0.6) is 11.5 Å². The first-order valence-electron chi connectivity index (χ1n) is 22.7. The van der Waals surface area contributed by atoms with E-state index in [2.05, 4.69) is 170 Å². The minimum Gasteiger partial charge on any atom is -0.457 e. The van der Waals surface area contributed by atoms with Crippen LogP contribution in [0.15, 0.2) is 229 Å². The summed E-state index contributed by atoms with van der Waals surface area (Å²) >= 11 is 0. The molecule has 15 rings (SSSR count). The Morgan fingerprint density at radius 1 is 0.333 bits per heavy atom. The molecule has 3 heterocycles. The molecule has 0 N–H and O–H groups in total. The summed E-state index contributed by atoms with van der Waals surface area (Å²) in [6.07, 6.45) is 0. The molecule has 4 aliphatic rings. The van der Waals surface area contributed by atoms with Crippen molar-refractivity contribution < 1.29 is 13.7 Å². The molecule has 10 aromatic carbocycles. The average molecular weight is 861 g/mol. The minimum atomic E-state index is -3.46. The van der Waals surface area contributed by atoms with Crippen molar-refractivity contribution in [2.45, 2.75) is 10.8 Å². The molecule has 11 aromatic rings. The molecule has 0 saturated heterocycles. The van der Waals surface area contributed by atoms with Crippen LogP contribution in [0, 0.1) is 0 Å². The standard InChI is InChI=1S/C62H37O3P/c63-66(40-16-2-1-3-17-40)59-29-15-12-26-52(59)62(54-36-46-45-21-7-13-27-55(45)64-57(46)37-60(54)66)50-25-11-14-28-56(50)65-58-35-39(31-33-51(58)62)38-30-32-44-43-20-6-10-24-49(43)61(53(44)34-38)47-22-8-4-18-41(47)42-19-5-9-23-48(42)61/h1-37H. The van der Waals surface area contributed by atoms with Crippen molar-refractivity contribution in [3.05, 3.63) is 269 Å². The maximum absolute atomic E-state index is 16.6. The second-order valence-electron chi connectivity index (χ2n) is 18.1. The number of furan rings is 1. The highest BCUT2D eigenvalue weighted by Crippen LogP contribution is 2.65. The first kappa shape index (κ1) is 36.4. The maximum atomic E-state index is 16.6. The molecule has 1 aromatic heterocycles. The van der Waals surface area contributed by atoms with Crippen LogP contribution in [0.1, 0.15) is 44.5 Å². The van der Waals surface area contributed by atoms with Crippen LogP contribution in [0.4, 0.5) is 0 Å². The third-order valence-corrected chi connectivity index (χ3v) is 18.4. The van der Waals surface area contributed by atoms with Gasteiger partial charge in [-0.15, -0.1) is 0 Å². The number of rotatable bonds is 2. The fourth-order valence-corrected chi connectivity index (χ4v) is 15.8. The minimum absolute atomic E-state index is 0.451. The molecule has 2 spiro atoms. The van der Waals surface area contributed by atoms with Crippen LogP contribution in [-0.4, -0.2) is 0 Å². The molecule has 0 fully saturated rings. The zero-order valence-electron chi connectivity index (χ0n) is 35.5. The molecule has 0 radical (unpaired) electrons.